The van der Waals surface area contributed by atoms with Gasteiger partial charge in [0.2, 0.25) is 0 Å². The van der Waals surface area contributed by atoms with E-state index in [2.05, 4.69) is 16.5 Å². The van der Waals surface area contributed by atoms with E-state index in [-0.39, 0.29) is 11.9 Å². The molecule has 98 valence electrons. The molecule has 1 aromatic heterocycles. The maximum atomic E-state index is 11.9. The van der Waals surface area contributed by atoms with Gasteiger partial charge in [-0.15, -0.1) is 0 Å². The lowest BCUT2D eigenvalue weighted by atomic mass is 9.95. The minimum Gasteiger partial charge on any atom is -0.466 e. The van der Waals surface area contributed by atoms with Crippen LogP contribution in [0.1, 0.15) is 32.0 Å². The molecule has 0 N–H and O–H groups in total. The van der Waals surface area contributed by atoms with Crippen LogP contribution >= 0.6 is 0 Å². The Kier molecular flexibility index (Phi) is 2.66. The number of esters is 1. The van der Waals surface area contributed by atoms with Gasteiger partial charge in [-0.2, -0.15) is 0 Å². The Hall–Kier alpha value is -2.10. The number of carbonyl (C=O) groups is 1. The molecule has 4 heteroatoms. The van der Waals surface area contributed by atoms with Gasteiger partial charge in [0.15, 0.2) is 0 Å². The van der Waals surface area contributed by atoms with Crippen molar-refractivity contribution in [3.8, 4) is 0 Å². The predicted molar refractivity (Wildman–Crippen MR) is 73.7 cm³/mol. The van der Waals surface area contributed by atoms with Gasteiger partial charge < -0.3 is 4.74 Å². The molecule has 19 heavy (non-hydrogen) atoms. The fraction of sp³-hybridized carbons (Fsp3) is 0.333. The highest BCUT2D eigenvalue weighted by Gasteiger charge is 2.28. The molecule has 0 saturated heterocycles. The van der Waals surface area contributed by atoms with Gasteiger partial charge in [0.05, 0.1) is 23.7 Å². The zero-order valence-corrected chi connectivity index (χ0v) is 11.3. The highest BCUT2D eigenvalue weighted by molar-refractivity contribution is 5.96. The number of allylic oxidation sites excluding steroid dienone is 1. The van der Waals surface area contributed by atoms with Gasteiger partial charge in [-0.05, 0) is 25.5 Å². The molecule has 0 saturated carbocycles. The van der Waals surface area contributed by atoms with Crippen LogP contribution in [0, 0.1) is 0 Å². The van der Waals surface area contributed by atoms with Crippen LogP contribution in [-0.4, -0.2) is 22.6 Å². The van der Waals surface area contributed by atoms with Crippen LogP contribution in [0.3, 0.4) is 0 Å². The summed E-state index contributed by atoms with van der Waals surface area (Å²) < 4.78 is 6.96. The highest BCUT2D eigenvalue weighted by atomic mass is 16.5. The van der Waals surface area contributed by atoms with Gasteiger partial charge in [-0.3, -0.25) is 4.57 Å². The summed E-state index contributed by atoms with van der Waals surface area (Å²) in [4.78, 5) is 16.6. The number of rotatable bonds is 1. The van der Waals surface area contributed by atoms with Crippen LogP contribution in [0.2, 0.25) is 0 Å². The smallest absolute Gasteiger partial charge is 0.335 e. The molecular formula is C15H16N2O2. The first kappa shape index (κ1) is 12.0. The lowest BCUT2D eigenvalue weighted by molar-refractivity contribution is -0.136. The molecule has 1 aliphatic rings. The van der Waals surface area contributed by atoms with Gasteiger partial charge >= 0.3 is 5.97 Å². The van der Waals surface area contributed by atoms with Crippen molar-refractivity contribution < 1.29 is 9.53 Å². The number of aromatic nitrogens is 2. The second kappa shape index (κ2) is 4.23. The molecule has 0 amide bonds. The van der Waals surface area contributed by atoms with Crippen molar-refractivity contribution in [2.45, 2.75) is 26.2 Å². The highest BCUT2D eigenvalue weighted by Crippen LogP contribution is 2.36. The number of benzene rings is 1. The average Bonchev–Trinajstić information content (AvgIpc) is 2.82. The van der Waals surface area contributed by atoms with E-state index in [4.69, 9.17) is 4.74 Å². The molecular weight excluding hydrogens is 240 g/mol. The zero-order valence-electron chi connectivity index (χ0n) is 11.3. The number of hydrogen-bond acceptors (Lipinski definition) is 3. The lowest BCUT2D eigenvalue weighted by Gasteiger charge is -2.24. The maximum absolute atomic E-state index is 11.9. The van der Waals surface area contributed by atoms with E-state index in [1.54, 1.807) is 0 Å². The van der Waals surface area contributed by atoms with Crippen molar-refractivity contribution in [1.29, 1.82) is 0 Å². The number of fused-ring (bicyclic) bond motifs is 3. The molecule has 1 atom stereocenters. The number of ether oxygens (including phenoxy) is 1. The third-order valence-corrected chi connectivity index (χ3v) is 3.74. The Morgan fingerprint density at radius 3 is 2.89 bits per heavy atom. The van der Waals surface area contributed by atoms with Crippen molar-refractivity contribution in [3.05, 3.63) is 35.7 Å². The number of nitrogens with zero attached hydrogens (tertiary/aromatic N) is 2. The van der Waals surface area contributed by atoms with Gasteiger partial charge in [-0.25, -0.2) is 9.78 Å². The molecule has 3 rings (SSSR count). The standard InChI is InChI=1S/C15H16N2O2/c1-9-8-11(15(18)19-3)10(2)17-13-7-5-4-6-12(13)16-14(9)17/h4-7,9H,8H2,1-3H3. The van der Waals surface area contributed by atoms with Crippen LogP contribution in [0.15, 0.2) is 29.8 Å². The number of para-hydroxylation sites is 2. The van der Waals surface area contributed by atoms with E-state index >= 15 is 0 Å². The summed E-state index contributed by atoms with van der Waals surface area (Å²) in [6.07, 6.45) is 0.682. The second-order valence-corrected chi connectivity index (χ2v) is 4.95. The van der Waals surface area contributed by atoms with E-state index < -0.39 is 0 Å². The normalized spacial score (nSPS) is 18.6. The minimum absolute atomic E-state index is 0.213. The van der Waals surface area contributed by atoms with E-state index in [0.717, 1.165) is 28.1 Å². The molecule has 2 aromatic rings. The monoisotopic (exact) mass is 256 g/mol. The Bertz CT molecular complexity index is 697. The van der Waals surface area contributed by atoms with E-state index in [1.165, 1.54) is 7.11 Å². The van der Waals surface area contributed by atoms with Crippen LogP contribution in [0.4, 0.5) is 0 Å². The first-order valence-electron chi connectivity index (χ1n) is 6.39. The topological polar surface area (TPSA) is 44.1 Å². The maximum Gasteiger partial charge on any atom is 0.335 e. The van der Waals surface area contributed by atoms with Gasteiger partial charge in [-0.1, -0.05) is 19.1 Å². The number of methoxy groups -OCH3 is 1. The Morgan fingerprint density at radius 2 is 2.16 bits per heavy atom. The van der Waals surface area contributed by atoms with Gasteiger partial charge in [0.25, 0.3) is 0 Å². The lowest BCUT2D eigenvalue weighted by Crippen LogP contribution is -2.19. The average molecular weight is 256 g/mol. The Balaban J connectivity index is 2.30. The summed E-state index contributed by atoms with van der Waals surface area (Å²) in [5.74, 6) is 0.990. The fourth-order valence-electron chi connectivity index (χ4n) is 2.76. The molecule has 2 heterocycles. The molecule has 0 spiro atoms. The number of hydrogen-bond donors (Lipinski definition) is 0. The summed E-state index contributed by atoms with van der Waals surface area (Å²) >= 11 is 0. The van der Waals surface area contributed by atoms with Crippen molar-refractivity contribution in [3.63, 3.8) is 0 Å². The van der Waals surface area contributed by atoms with Crippen LogP contribution in [0.5, 0.6) is 0 Å². The van der Waals surface area contributed by atoms with E-state index in [1.807, 2.05) is 31.2 Å². The zero-order chi connectivity index (χ0) is 13.6. The third kappa shape index (κ3) is 1.67. The molecule has 0 radical (unpaired) electrons. The number of imidazole rings is 1. The summed E-state index contributed by atoms with van der Waals surface area (Å²) in [6, 6.07) is 7.99. The fourth-order valence-corrected chi connectivity index (χ4v) is 2.76. The van der Waals surface area contributed by atoms with Crippen molar-refractivity contribution in [2.75, 3.05) is 7.11 Å². The van der Waals surface area contributed by atoms with Crippen molar-refractivity contribution in [2.24, 2.45) is 0 Å². The van der Waals surface area contributed by atoms with Crippen LogP contribution in [-0.2, 0) is 9.53 Å². The molecule has 1 unspecified atom stereocenters. The summed E-state index contributed by atoms with van der Waals surface area (Å²) in [7, 11) is 1.43. The Morgan fingerprint density at radius 1 is 1.42 bits per heavy atom. The largest absolute Gasteiger partial charge is 0.466 e. The third-order valence-electron chi connectivity index (χ3n) is 3.74. The first-order valence-corrected chi connectivity index (χ1v) is 6.39. The molecule has 0 bridgehead atoms. The van der Waals surface area contributed by atoms with Crippen molar-refractivity contribution >= 4 is 22.7 Å². The molecule has 4 nitrogen and oxygen atoms in total. The minimum atomic E-state index is -0.243. The molecule has 1 aliphatic heterocycles. The Labute approximate surface area is 111 Å². The van der Waals surface area contributed by atoms with Gasteiger partial charge in [0, 0.05) is 11.6 Å². The first-order chi connectivity index (χ1) is 9.13. The molecule has 0 fully saturated rings. The predicted octanol–water partition coefficient (Wildman–Crippen LogP) is 2.95. The van der Waals surface area contributed by atoms with Crippen LogP contribution in [0.25, 0.3) is 16.7 Å². The summed E-state index contributed by atoms with van der Waals surface area (Å²) in [5.41, 5.74) is 3.68. The van der Waals surface area contributed by atoms with Crippen molar-refractivity contribution in [1.82, 2.24) is 9.55 Å². The summed E-state index contributed by atoms with van der Waals surface area (Å²) in [5, 5.41) is 0. The van der Waals surface area contributed by atoms with Gasteiger partial charge in [0.1, 0.15) is 5.82 Å². The van der Waals surface area contributed by atoms with E-state index in [0.29, 0.717) is 6.42 Å². The van der Waals surface area contributed by atoms with Crippen LogP contribution < -0.4 is 0 Å². The number of carbonyl (C=O) groups excluding carboxylic acids is 1. The quantitative estimate of drug-likeness (QED) is 0.737. The summed E-state index contributed by atoms with van der Waals surface area (Å²) in [6.45, 7) is 4.04. The molecule has 1 aromatic carbocycles. The molecule has 0 aliphatic carbocycles. The SMILES string of the molecule is COC(=O)C1=C(C)n2c(nc3ccccc32)C(C)C1. The van der Waals surface area contributed by atoms with E-state index in [9.17, 15) is 4.79 Å². The second-order valence-electron chi connectivity index (χ2n) is 4.95.